The lowest BCUT2D eigenvalue weighted by Crippen LogP contribution is -2.30. The van der Waals surface area contributed by atoms with Crippen LogP contribution in [-0.2, 0) is 0 Å². The van der Waals surface area contributed by atoms with Gasteiger partial charge in [0.15, 0.2) is 0 Å². The number of hydrogen-bond acceptors (Lipinski definition) is 2. The minimum atomic E-state index is -0.239. The summed E-state index contributed by atoms with van der Waals surface area (Å²) in [5.41, 5.74) is 3.54. The molecule has 2 aromatic carbocycles. The van der Waals surface area contributed by atoms with Crippen molar-refractivity contribution in [3.05, 3.63) is 77.8 Å². The molecule has 0 radical (unpaired) electrons. The quantitative estimate of drug-likeness (QED) is 0.800. The molecule has 1 heterocycles. The van der Waals surface area contributed by atoms with Crippen LogP contribution in [0.15, 0.2) is 65.8 Å². The maximum Gasteiger partial charge on any atom is 0.132 e. The molecule has 106 valence electrons. The van der Waals surface area contributed by atoms with Crippen molar-refractivity contribution in [1.82, 2.24) is 0 Å². The highest BCUT2D eigenvalue weighted by Gasteiger charge is 2.17. The van der Waals surface area contributed by atoms with Gasteiger partial charge in [-0.05, 0) is 44.2 Å². The maximum absolute atomic E-state index is 13.8. The summed E-state index contributed by atoms with van der Waals surface area (Å²) >= 11 is 0. The van der Waals surface area contributed by atoms with Crippen molar-refractivity contribution in [3.8, 4) is 0 Å². The molecule has 0 bridgehead atoms. The second-order valence-corrected chi connectivity index (χ2v) is 5.18. The van der Waals surface area contributed by atoms with E-state index in [4.69, 9.17) is 0 Å². The van der Waals surface area contributed by atoms with E-state index in [0.717, 1.165) is 5.69 Å². The third-order valence-corrected chi connectivity index (χ3v) is 3.60. The highest BCUT2D eigenvalue weighted by atomic mass is 19.1. The highest BCUT2D eigenvalue weighted by molar-refractivity contribution is 6.09. The van der Waals surface area contributed by atoms with E-state index in [9.17, 15) is 4.39 Å². The molecule has 0 N–H and O–H groups in total. The van der Waals surface area contributed by atoms with Gasteiger partial charge in [0, 0.05) is 17.5 Å². The van der Waals surface area contributed by atoms with Crippen LogP contribution in [0.4, 0.5) is 10.1 Å². The maximum atomic E-state index is 13.8. The molecule has 0 saturated carbocycles. The Hall–Kier alpha value is -2.42. The normalized spacial score (nSPS) is 17.8. The van der Waals surface area contributed by atoms with Gasteiger partial charge in [-0.2, -0.15) is 0 Å². The van der Waals surface area contributed by atoms with Gasteiger partial charge in [0.2, 0.25) is 0 Å². The SMILES string of the molecule is Cc1ccc(N2C=CC(c3ccccc3F)=NC2C)cc1. The average molecular weight is 280 g/mol. The predicted molar refractivity (Wildman–Crippen MR) is 85.2 cm³/mol. The number of halogens is 1. The topological polar surface area (TPSA) is 15.6 Å². The Balaban J connectivity index is 1.89. The first kappa shape index (κ1) is 13.6. The van der Waals surface area contributed by atoms with Gasteiger partial charge >= 0.3 is 0 Å². The first-order valence-corrected chi connectivity index (χ1v) is 7.01. The van der Waals surface area contributed by atoms with Crippen LogP contribution in [0.1, 0.15) is 18.1 Å². The number of rotatable bonds is 2. The van der Waals surface area contributed by atoms with Crippen molar-refractivity contribution in [2.75, 3.05) is 4.90 Å². The van der Waals surface area contributed by atoms with Crippen molar-refractivity contribution in [2.24, 2.45) is 4.99 Å². The lowest BCUT2D eigenvalue weighted by molar-refractivity contribution is 0.624. The van der Waals surface area contributed by atoms with Crippen LogP contribution in [0.3, 0.4) is 0 Å². The van der Waals surface area contributed by atoms with E-state index in [-0.39, 0.29) is 12.0 Å². The number of hydrogen-bond donors (Lipinski definition) is 0. The van der Waals surface area contributed by atoms with Crippen LogP contribution >= 0.6 is 0 Å². The zero-order valence-corrected chi connectivity index (χ0v) is 12.1. The van der Waals surface area contributed by atoms with Gasteiger partial charge in [0.05, 0.1) is 5.71 Å². The van der Waals surface area contributed by atoms with Crippen LogP contribution < -0.4 is 4.90 Å². The molecular weight excluding hydrogens is 263 g/mol. The standard InChI is InChI=1S/C18H17FN2/c1-13-7-9-15(10-8-13)21-12-11-18(20-14(21)2)16-5-3-4-6-17(16)19/h3-12,14H,1-2H3. The number of allylic oxidation sites excluding steroid dienone is 1. The van der Waals surface area contributed by atoms with Crippen LogP contribution in [0.25, 0.3) is 0 Å². The van der Waals surface area contributed by atoms with Gasteiger partial charge in [0.1, 0.15) is 12.0 Å². The number of anilines is 1. The summed E-state index contributed by atoms with van der Waals surface area (Å²) in [6.45, 7) is 4.07. The largest absolute Gasteiger partial charge is 0.326 e. The molecule has 3 rings (SSSR count). The minimum Gasteiger partial charge on any atom is -0.326 e. The first-order chi connectivity index (χ1) is 10.1. The fraction of sp³-hybridized carbons (Fsp3) is 0.167. The number of aryl methyl sites for hydroxylation is 1. The van der Waals surface area contributed by atoms with Crippen molar-refractivity contribution in [2.45, 2.75) is 20.0 Å². The summed E-state index contributed by atoms with van der Waals surface area (Å²) in [6, 6.07) is 15.0. The second kappa shape index (κ2) is 5.52. The summed E-state index contributed by atoms with van der Waals surface area (Å²) in [5, 5.41) is 0. The third kappa shape index (κ3) is 2.72. The molecule has 1 atom stereocenters. The molecule has 0 spiro atoms. The van der Waals surface area contributed by atoms with Gasteiger partial charge < -0.3 is 4.90 Å². The molecule has 21 heavy (non-hydrogen) atoms. The van der Waals surface area contributed by atoms with Crippen molar-refractivity contribution >= 4 is 11.4 Å². The molecule has 1 aliphatic heterocycles. The Kier molecular flexibility index (Phi) is 3.57. The van der Waals surface area contributed by atoms with Crippen molar-refractivity contribution in [1.29, 1.82) is 0 Å². The van der Waals surface area contributed by atoms with E-state index in [2.05, 4.69) is 41.1 Å². The highest BCUT2D eigenvalue weighted by Crippen LogP contribution is 2.23. The molecule has 0 saturated heterocycles. The molecule has 1 unspecified atom stereocenters. The fourth-order valence-corrected chi connectivity index (χ4v) is 2.43. The molecule has 3 heteroatoms. The smallest absolute Gasteiger partial charge is 0.132 e. The minimum absolute atomic E-state index is 0.0627. The molecule has 1 aliphatic rings. The second-order valence-electron chi connectivity index (χ2n) is 5.18. The van der Waals surface area contributed by atoms with Crippen LogP contribution in [0, 0.1) is 12.7 Å². The third-order valence-electron chi connectivity index (χ3n) is 3.60. The molecular formula is C18H17FN2. The number of nitrogens with zero attached hydrogens (tertiary/aromatic N) is 2. The molecule has 0 aliphatic carbocycles. The van der Waals surface area contributed by atoms with Crippen LogP contribution in [-0.4, -0.2) is 11.9 Å². The van der Waals surface area contributed by atoms with Gasteiger partial charge in [-0.1, -0.05) is 29.8 Å². The van der Waals surface area contributed by atoms with Crippen molar-refractivity contribution in [3.63, 3.8) is 0 Å². The average Bonchev–Trinajstić information content (AvgIpc) is 2.49. The van der Waals surface area contributed by atoms with E-state index < -0.39 is 0 Å². The van der Waals surface area contributed by atoms with E-state index in [1.165, 1.54) is 11.6 Å². The first-order valence-electron chi connectivity index (χ1n) is 7.01. The van der Waals surface area contributed by atoms with Crippen molar-refractivity contribution < 1.29 is 4.39 Å². The zero-order valence-electron chi connectivity index (χ0n) is 12.1. The Morgan fingerprint density at radius 2 is 1.76 bits per heavy atom. The Bertz CT molecular complexity index is 701. The van der Waals surface area contributed by atoms with E-state index in [1.54, 1.807) is 12.1 Å². The van der Waals surface area contributed by atoms with E-state index in [1.807, 2.05) is 25.3 Å². The number of benzene rings is 2. The van der Waals surface area contributed by atoms with E-state index >= 15 is 0 Å². The fourth-order valence-electron chi connectivity index (χ4n) is 2.43. The van der Waals surface area contributed by atoms with Crippen LogP contribution in [0.5, 0.6) is 0 Å². The van der Waals surface area contributed by atoms with Gasteiger partial charge in [-0.15, -0.1) is 0 Å². The van der Waals surface area contributed by atoms with Gasteiger partial charge in [-0.3, -0.25) is 4.99 Å². The van der Waals surface area contributed by atoms with Gasteiger partial charge in [0.25, 0.3) is 0 Å². The molecule has 0 aromatic heterocycles. The lowest BCUT2D eigenvalue weighted by atomic mass is 10.1. The lowest BCUT2D eigenvalue weighted by Gasteiger charge is -2.28. The predicted octanol–water partition coefficient (Wildman–Crippen LogP) is 4.30. The summed E-state index contributed by atoms with van der Waals surface area (Å²) in [5.74, 6) is -0.239. The molecule has 2 aromatic rings. The monoisotopic (exact) mass is 280 g/mol. The molecule has 0 fully saturated rings. The zero-order chi connectivity index (χ0) is 14.8. The summed E-state index contributed by atoms with van der Waals surface area (Å²) in [7, 11) is 0. The molecule has 2 nitrogen and oxygen atoms in total. The summed E-state index contributed by atoms with van der Waals surface area (Å²) in [6.07, 6.45) is 3.76. The van der Waals surface area contributed by atoms with E-state index in [0.29, 0.717) is 11.3 Å². The summed E-state index contributed by atoms with van der Waals surface area (Å²) < 4.78 is 13.8. The Morgan fingerprint density at radius 1 is 1.05 bits per heavy atom. The van der Waals surface area contributed by atoms with Crippen LogP contribution in [0.2, 0.25) is 0 Å². The van der Waals surface area contributed by atoms with Gasteiger partial charge in [-0.25, -0.2) is 4.39 Å². The molecule has 0 amide bonds. The Morgan fingerprint density at radius 3 is 2.43 bits per heavy atom. The Labute approximate surface area is 124 Å². The summed E-state index contributed by atoms with van der Waals surface area (Å²) in [4.78, 5) is 6.68. The number of aliphatic imine (C=N–C) groups is 1.